The molecule has 32 heavy (non-hydrogen) atoms. The molecule has 8 nitrogen and oxygen atoms in total. The number of carbonyl (C=O) groups is 2. The Morgan fingerprint density at radius 1 is 1.28 bits per heavy atom. The van der Waals surface area contributed by atoms with Crippen molar-refractivity contribution in [2.45, 2.75) is 45.6 Å². The number of benzene rings is 1. The van der Waals surface area contributed by atoms with Crippen molar-refractivity contribution in [3.05, 3.63) is 46.9 Å². The van der Waals surface area contributed by atoms with Gasteiger partial charge >= 0.3 is 0 Å². The van der Waals surface area contributed by atoms with Gasteiger partial charge in [0.05, 0.1) is 25.8 Å². The van der Waals surface area contributed by atoms with Gasteiger partial charge in [0.15, 0.2) is 0 Å². The lowest BCUT2D eigenvalue weighted by atomic mass is 9.93. The minimum atomic E-state index is -0.0361. The van der Waals surface area contributed by atoms with Crippen molar-refractivity contribution >= 4 is 17.6 Å². The van der Waals surface area contributed by atoms with Crippen LogP contribution in [0.15, 0.2) is 24.3 Å². The van der Waals surface area contributed by atoms with Gasteiger partial charge < -0.3 is 19.9 Å². The summed E-state index contributed by atoms with van der Waals surface area (Å²) in [5.74, 6) is 2.24. The Hall–Kier alpha value is -3.16. The van der Waals surface area contributed by atoms with Crippen LogP contribution in [-0.2, 0) is 22.6 Å². The van der Waals surface area contributed by atoms with Gasteiger partial charge in [-0.2, -0.15) is 0 Å². The fourth-order valence-corrected chi connectivity index (χ4v) is 4.01. The van der Waals surface area contributed by atoms with E-state index < -0.39 is 0 Å². The SMILES string of the molecule is CNc1cc(C2CCCN(C(=O)Cc3cc(C)ccc3OC)C2)nc(CN(C)C(C)=O)n1. The van der Waals surface area contributed by atoms with Gasteiger partial charge in [-0.15, -0.1) is 0 Å². The van der Waals surface area contributed by atoms with Crippen LogP contribution in [0.2, 0.25) is 0 Å². The molecule has 1 fully saturated rings. The smallest absolute Gasteiger partial charge is 0.227 e. The number of amides is 2. The molecule has 8 heteroatoms. The zero-order chi connectivity index (χ0) is 23.3. The van der Waals surface area contributed by atoms with Crippen molar-refractivity contribution in [2.24, 2.45) is 0 Å². The number of anilines is 1. The van der Waals surface area contributed by atoms with Crippen LogP contribution in [0.5, 0.6) is 5.75 Å². The van der Waals surface area contributed by atoms with Crippen LogP contribution in [0, 0.1) is 6.92 Å². The highest BCUT2D eigenvalue weighted by molar-refractivity contribution is 5.79. The highest BCUT2D eigenvalue weighted by Crippen LogP contribution is 2.28. The predicted octanol–water partition coefficient (Wildman–Crippen LogP) is 2.76. The van der Waals surface area contributed by atoms with Gasteiger partial charge in [0.1, 0.15) is 17.4 Å². The molecule has 0 saturated carbocycles. The van der Waals surface area contributed by atoms with E-state index in [2.05, 4.69) is 10.3 Å². The Kier molecular flexibility index (Phi) is 7.66. The monoisotopic (exact) mass is 439 g/mol. The lowest BCUT2D eigenvalue weighted by Crippen LogP contribution is -2.40. The van der Waals surface area contributed by atoms with Crippen LogP contribution < -0.4 is 10.1 Å². The summed E-state index contributed by atoms with van der Waals surface area (Å²) in [6.07, 6.45) is 2.19. The van der Waals surface area contributed by atoms with E-state index in [1.165, 1.54) is 6.92 Å². The van der Waals surface area contributed by atoms with Crippen LogP contribution in [-0.4, -0.2) is 65.9 Å². The molecule has 2 heterocycles. The van der Waals surface area contributed by atoms with Gasteiger partial charge in [-0.3, -0.25) is 9.59 Å². The summed E-state index contributed by atoms with van der Waals surface area (Å²) < 4.78 is 5.44. The molecule has 1 saturated heterocycles. The first-order chi connectivity index (χ1) is 15.3. The molecular formula is C24H33N5O3. The quantitative estimate of drug-likeness (QED) is 0.714. The second kappa shape index (κ2) is 10.4. The summed E-state index contributed by atoms with van der Waals surface area (Å²) in [4.78, 5) is 37.5. The maximum absolute atomic E-state index is 13.1. The second-order valence-electron chi connectivity index (χ2n) is 8.39. The normalized spacial score (nSPS) is 15.9. The third kappa shape index (κ3) is 5.75. The molecule has 1 aliphatic heterocycles. The molecule has 1 aliphatic rings. The molecule has 2 amide bonds. The Bertz CT molecular complexity index is 978. The van der Waals surface area contributed by atoms with E-state index >= 15 is 0 Å². The van der Waals surface area contributed by atoms with E-state index in [0.29, 0.717) is 25.3 Å². The predicted molar refractivity (Wildman–Crippen MR) is 124 cm³/mol. The number of hydrogen-bond donors (Lipinski definition) is 1. The Balaban J connectivity index is 1.76. The first kappa shape index (κ1) is 23.5. The van der Waals surface area contributed by atoms with Crippen molar-refractivity contribution in [3.8, 4) is 5.75 Å². The van der Waals surface area contributed by atoms with E-state index in [1.807, 2.05) is 43.1 Å². The minimum absolute atomic E-state index is 0.0361. The van der Waals surface area contributed by atoms with E-state index in [9.17, 15) is 9.59 Å². The topological polar surface area (TPSA) is 87.7 Å². The third-order valence-electron chi connectivity index (χ3n) is 5.93. The summed E-state index contributed by atoms with van der Waals surface area (Å²) in [5, 5.41) is 3.08. The van der Waals surface area contributed by atoms with Gasteiger partial charge in [0.25, 0.3) is 0 Å². The number of piperidine rings is 1. The van der Waals surface area contributed by atoms with Crippen LogP contribution >= 0.6 is 0 Å². The minimum Gasteiger partial charge on any atom is -0.496 e. The van der Waals surface area contributed by atoms with E-state index in [0.717, 1.165) is 47.8 Å². The molecule has 1 aromatic heterocycles. The first-order valence-electron chi connectivity index (χ1n) is 11.0. The zero-order valence-electron chi connectivity index (χ0n) is 19.6. The van der Waals surface area contributed by atoms with Crippen molar-refractivity contribution in [1.82, 2.24) is 19.8 Å². The van der Waals surface area contributed by atoms with Crippen molar-refractivity contribution < 1.29 is 14.3 Å². The molecular weight excluding hydrogens is 406 g/mol. The molecule has 1 aromatic carbocycles. The van der Waals surface area contributed by atoms with Crippen LogP contribution in [0.25, 0.3) is 0 Å². The van der Waals surface area contributed by atoms with Crippen molar-refractivity contribution in [3.63, 3.8) is 0 Å². The van der Waals surface area contributed by atoms with Gasteiger partial charge in [0, 0.05) is 51.7 Å². The molecule has 1 atom stereocenters. The number of carbonyl (C=O) groups excluding carboxylic acids is 2. The molecule has 0 aliphatic carbocycles. The Labute approximate surface area is 190 Å². The number of aromatic nitrogens is 2. The summed E-state index contributed by atoms with van der Waals surface area (Å²) in [6.45, 7) is 5.25. The maximum atomic E-state index is 13.1. The summed E-state index contributed by atoms with van der Waals surface area (Å²) in [7, 11) is 5.18. The standard InChI is InChI=1S/C24H33N5O3/c1-16-8-9-21(32-5)19(11-16)12-24(31)29-10-6-7-18(14-29)20-13-22(25-3)27-23(26-20)15-28(4)17(2)30/h8-9,11,13,18H,6-7,10,12,14-15H2,1-5H3,(H,25,26,27). The Morgan fingerprint density at radius 2 is 2.06 bits per heavy atom. The molecule has 0 radical (unpaired) electrons. The molecule has 3 rings (SSSR count). The average molecular weight is 440 g/mol. The molecule has 2 aromatic rings. The fourth-order valence-electron chi connectivity index (χ4n) is 4.01. The zero-order valence-corrected chi connectivity index (χ0v) is 19.6. The number of methoxy groups -OCH3 is 1. The molecule has 1 unspecified atom stereocenters. The first-order valence-corrected chi connectivity index (χ1v) is 11.0. The van der Waals surface area contributed by atoms with Crippen molar-refractivity contribution in [2.75, 3.05) is 39.6 Å². The van der Waals surface area contributed by atoms with Crippen LogP contribution in [0.1, 0.15) is 48.3 Å². The number of rotatable bonds is 7. The number of nitrogens with zero attached hydrogens (tertiary/aromatic N) is 4. The van der Waals surface area contributed by atoms with E-state index in [4.69, 9.17) is 9.72 Å². The summed E-state index contributed by atoms with van der Waals surface area (Å²) >= 11 is 0. The van der Waals surface area contributed by atoms with Gasteiger partial charge in [-0.25, -0.2) is 9.97 Å². The van der Waals surface area contributed by atoms with Crippen molar-refractivity contribution in [1.29, 1.82) is 0 Å². The highest BCUT2D eigenvalue weighted by atomic mass is 16.5. The van der Waals surface area contributed by atoms with Gasteiger partial charge in [-0.1, -0.05) is 17.7 Å². The molecule has 0 spiro atoms. The summed E-state index contributed by atoms with van der Waals surface area (Å²) in [6, 6.07) is 7.86. The second-order valence-corrected chi connectivity index (χ2v) is 8.39. The summed E-state index contributed by atoms with van der Waals surface area (Å²) in [5.41, 5.74) is 2.92. The lowest BCUT2D eigenvalue weighted by molar-refractivity contribution is -0.131. The number of likely N-dealkylation sites (tertiary alicyclic amines) is 1. The largest absolute Gasteiger partial charge is 0.496 e. The van der Waals surface area contributed by atoms with Crippen LogP contribution in [0.4, 0.5) is 5.82 Å². The fraction of sp³-hybridized carbons (Fsp3) is 0.500. The number of aryl methyl sites for hydroxylation is 1. The highest BCUT2D eigenvalue weighted by Gasteiger charge is 2.27. The van der Waals surface area contributed by atoms with E-state index in [1.54, 1.807) is 19.1 Å². The van der Waals surface area contributed by atoms with Gasteiger partial charge in [0.2, 0.25) is 11.8 Å². The van der Waals surface area contributed by atoms with Crippen LogP contribution in [0.3, 0.4) is 0 Å². The number of ether oxygens (including phenoxy) is 1. The van der Waals surface area contributed by atoms with E-state index in [-0.39, 0.29) is 17.7 Å². The molecule has 172 valence electrons. The van der Waals surface area contributed by atoms with Gasteiger partial charge in [-0.05, 0) is 25.8 Å². The Morgan fingerprint density at radius 3 is 2.75 bits per heavy atom. The lowest BCUT2D eigenvalue weighted by Gasteiger charge is -2.33. The average Bonchev–Trinajstić information content (AvgIpc) is 2.79. The third-order valence-corrected chi connectivity index (χ3v) is 5.93. The number of nitrogens with one attached hydrogen (secondary N) is 1. The molecule has 1 N–H and O–H groups in total. The maximum Gasteiger partial charge on any atom is 0.227 e. The molecule has 0 bridgehead atoms. The number of hydrogen-bond acceptors (Lipinski definition) is 6.